The van der Waals surface area contributed by atoms with E-state index in [1.165, 1.54) is 18.4 Å². The number of hydrogen-bond acceptors (Lipinski definition) is 3. The van der Waals surface area contributed by atoms with E-state index in [-0.39, 0.29) is 5.54 Å². The van der Waals surface area contributed by atoms with Gasteiger partial charge in [0.25, 0.3) is 0 Å². The molecule has 0 amide bonds. The van der Waals surface area contributed by atoms with Gasteiger partial charge in [-0.3, -0.25) is 9.88 Å². The predicted octanol–water partition coefficient (Wildman–Crippen LogP) is 2.43. The zero-order valence-corrected chi connectivity index (χ0v) is 12.3. The highest BCUT2D eigenvalue weighted by Crippen LogP contribution is 2.45. The van der Waals surface area contributed by atoms with E-state index in [1.807, 2.05) is 12.4 Å². The summed E-state index contributed by atoms with van der Waals surface area (Å²) in [6.45, 7) is 10.3. The Morgan fingerprint density at radius 3 is 2.58 bits per heavy atom. The molecule has 0 bridgehead atoms. The van der Waals surface area contributed by atoms with Gasteiger partial charge in [-0.25, -0.2) is 0 Å². The Hall–Kier alpha value is -0.930. The smallest absolute Gasteiger partial charge is 0.0338 e. The van der Waals surface area contributed by atoms with Gasteiger partial charge < -0.3 is 5.32 Å². The maximum atomic E-state index is 4.12. The normalized spacial score (nSPS) is 31.3. The Labute approximate surface area is 116 Å². The molecule has 1 aliphatic carbocycles. The first kappa shape index (κ1) is 13.1. The first-order valence-corrected chi connectivity index (χ1v) is 7.39. The van der Waals surface area contributed by atoms with Crippen molar-refractivity contribution < 1.29 is 0 Å². The molecule has 1 aliphatic heterocycles. The van der Waals surface area contributed by atoms with Crippen molar-refractivity contribution >= 4 is 0 Å². The van der Waals surface area contributed by atoms with Gasteiger partial charge >= 0.3 is 0 Å². The van der Waals surface area contributed by atoms with Crippen LogP contribution in [0.4, 0.5) is 0 Å². The van der Waals surface area contributed by atoms with Crippen LogP contribution in [-0.2, 0) is 6.54 Å². The molecule has 1 N–H and O–H groups in total. The van der Waals surface area contributed by atoms with E-state index in [0.29, 0.717) is 5.54 Å². The van der Waals surface area contributed by atoms with Gasteiger partial charge in [-0.15, -0.1) is 0 Å². The summed E-state index contributed by atoms with van der Waals surface area (Å²) in [4.78, 5) is 6.81. The molecule has 1 saturated carbocycles. The van der Waals surface area contributed by atoms with Crippen LogP contribution in [0, 0.1) is 5.92 Å². The Bertz CT molecular complexity index is 439. The molecule has 2 fully saturated rings. The van der Waals surface area contributed by atoms with E-state index < -0.39 is 0 Å². The quantitative estimate of drug-likeness (QED) is 0.903. The van der Waals surface area contributed by atoms with E-state index in [0.717, 1.165) is 25.6 Å². The van der Waals surface area contributed by atoms with Gasteiger partial charge in [-0.05, 0) is 57.2 Å². The summed E-state index contributed by atoms with van der Waals surface area (Å²) in [6.07, 6.45) is 6.59. The summed E-state index contributed by atoms with van der Waals surface area (Å²) < 4.78 is 0. The standard InChI is InChI=1S/C16H25N3/c1-15(2)12-19(10-13-6-8-17-9-7-13)16(3,11-18-15)14-4-5-14/h6-9,14,18H,4-5,10-12H2,1-3H3. The van der Waals surface area contributed by atoms with Crippen molar-refractivity contribution in [3.05, 3.63) is 30.1 Å². The van der Waals surface area contributed by atoms with Crippen LogP contribution in [0.15, 0.2) is 24.5 Å². The number of aromatic nitrogens is 1. The molecule has 1 aromatic heterocycles. The summed E-state index contributed by atoms with van der Waals surface area (Å²) in [6, 6.07) is 4.28. The van der Waals surface area contributed by atoms with E-state index in [4.69, 9.17) is 0 Å². The average Bonchev–Trinajstić information content (AvgIpc) is 3.20. The topological polar surface area (TPSA) is 28.2 Å². The van der Waals surface area contributed by atoms with Gasteiger partial charge in [0, 0.05) is 43.1 Å². The maximum absolute atomic E-state index is 4.12. The molecule has 2 aliphatic rings. The second kappa shape index (κ2) is 4.57. The monoisotopic (exact) mass is 259 g/mol. The van der Waals surface area contributed by atoms with Crippen molar-refractivity contribution in [1.29, 1.82) is 0 Å². The Balaban J connectivity index is 1.81. The van der Waals surface area contributed by atoms with Gasteiger partial charge in [0.1, 0.15) is 0 Å². The molecule has 0 spiro atoms. The lowest BCUT2D eigenvalue weighted by Gasteiger charge is -2.52. The second-order valence-corrected chi connectivity index (χ2v) is 7.08. The van der Waals surface area contributed by atoms with Crippen molar-refractivity contribution in [2.24, 2.45) is 5.92 Å². The van der Waals surface area contributed by atoms with Crippen molar-refractivity contribution in [2.45, 2.75) is 51.2 Å². The maximum Gasteiger partial charge on any atom is 0.0338 e. The van der Waals surface area contributed by atoms with Gasteiger partial charge in [-0.1, -0.05) is 0 Å². The fourth-order valence-corrected chi connectivity index (χ4v) is 3.30. The lowest BCUT2D eigenvalue weighted by atomic mass is 9.85. The zero-order chi connectivity index (χ0) is 13.5. The summed E-state index contributed by atoms with van der Waals surface area (Å²) >= 11 is 0. The lowest BCUT2D eigenvalue weighted by molar-refractivity contribution is 0.00519. The summed E-state index contributed by atoms with van der Waals surface area (Å²) in [5.74, 6) is 0.873. The molecule has 1 saturated heterocycles. The van der Waals surface area contributed by atoms with Crippen LogP contribution < -0.4 is 5.32 Å². The third-order valence-electron chi connectivity index (χ3n) is 4.81. The first-order valence-electron chi connectivity index (χ1n) is 7.39. The van der Waals surface area contributed by atoms with Crippen LogP contribution in [0.3, 0.4) is 0 Å². The number of pyridine rings is 1. The number of hydrogen-bond donors (Lipinski definition) is 1. The molecule has 0 aromatic carbocycles. The van der Waals surface area contributed by atoms with Crippen LogP contribution in [-0.4, -0.2) is 34.1 Å². The zero-order valence-electron chi connectivity index (χ0n) is 12.3. The van der Waals surface area contributed by atoms with Crippen LogP contribution in [0.5, 0.6) is 0 Å². The minimum absolute atomic E-state index is 0.210. The van der Waals surface area contributed by atoms with E-state index in [9.17, 15) is 0 Å². The molecular formula is C16H25N3. The molecular weight excluding hydrogens is 234 g/mol. The van der Waals surface area contributed by atoms with Crippen LogP contribution in [0.2, 0.25) is 0 Å². The molecule has 1 atom stereocenters. The molecule has 3 heteroatoms. The molecule has 19 heavy (non-hydrogen) atoms. The third kappa shape index (κ3) is 2.67. The molecule has 1 aromatic rings. The second-order valence-electron chi connectivity index (χ2n) is 7.08. The van der Waals surface area contributed by atoms with Crippen molar-refractivity contribution in [2.75, 3.05) is 13.1 Å². The molecule has 3 rings (SSSR count). The summed E-state index contributed by atoms with van der Waals surface area (Å²) in [7, 11) is 0. The summed E-state index contributed by atoms with van der Waals surface area (Å²) in [5, 5.41) is 3.73. The third-order valence-corrected chi connectivity index (χ3v) is 4.81. The van der Waals surface area contributed by atoms with Crippen molar-refractivity contribution in [1.82, 2.24) is 15.2 Å². The number of rotatable bonds is 3. The van der Waals surface area contributed by atoms with Crippen LogP contribution >= 0.6 is 0 Å². The molecule has 3 nitrogen and oxygen atoms in total. The first-order chi connectivity index (χ1) is 9.00. The van der Waals surface area contributed by atoms with Gasteiger partial charge in [0.05, 0.1) is 0 Å². The molecule has 1 unspecified atom stereocenters. The highest BCUT2D eigenvalue weighted by Gasteiger charge is 2.49. The summed E-state index contributed by atoms with van der Waals surface area (Å²) in [5.41, 5.74) is 1.90. The van der Waals surface area contributed by atoms with Crippen LogP contribution in [0.1, 0.15) is 39.2 Å². The van der Waals surface area contributed by atoms with Crippen molar-refractivity contribution in [3.63, 3.8) is 0 Å². The van der Waals surface area contributed by atoms with E-state index in [1.54, 1.807) is 0 Å². The molecule has 2 heterocycles. The number of piperazine rings is 1. The van der Waals surface area contributed by atoms with Crippen LogP contribution in [0.25, 0.3) is 0 Å². The van der Waals surface area contributed by atoms with E-state index >= 15 is 0 Å². The largest absolute Gasteiger partial charge is 0.309 e. The SMILES string of the molecule is CC1(C)CN(Cc2ccncc2)C(C)(C2CC2)CN1. The van der Waals surface area contributed by atoms with Gasteiger partial charge in [0.15, 0.2) is 0 Å². The Morgan fingerprint density at radius 1 is 1.26 bits per heavy atom. The number of nitrogens with one attached hydrogen (secondary N) is 1. The minimum atomic E-state index is 0.210. The molecule has 0 radical (unpaired) electrons. The number of nitrogens with zero attached hydrogens (tertiary/aromatic N) is 2. The Morgan fingerprint density at radius 2 is 1.95 bits per heavy atom. The highest BCUT2D eigenvalue weighted by molar-refractivity contribution is 5.14. The van der Waals surface area contributed by atoms with E-state index in [2.05, 4.69) is 48.1 Å². The Kier molecular flexibility index (Phi) is 3.14. The lowest BCUT2D eigenvalue weighted by Crippen LogP contribution is -2.67. The molecule has 104 valence electrons. The van der Waals surface area contributed by atoms with Gasteiger partial charge in [0.2, 0.25) is 0 Å². The fraction of sp³-hybridized carbons (Fsp3) is 0.688. The highest BCUT2D eigenvalue weighted by atomic mass is 15.3. The average molecular weight is 259 g/mol. The van der Waals surface area contributed by atoms with Gasteiger partial charge in [-0.2, -0.15) is 0 Å². The van der Waals surface area contributed by atoms with Crippen molar-refractivity contribution in [3.8, 4) is 0 Å². The minimum Gasteiger partial charge on any atom is -0.309 e. The fourth-order valence-electron chi connectivity index (χ4n) is 3.30. The predicted molar refractivity (Wildman–Crippen MR) is 77.9 cm³/mol.